The Morgan fingerprint density at radius 2 is 1.91 bits per heavy atom. The van der Waals surface area contributed by atoms with Crippen molar-refractivity contribution in [2.24, 2.45) is 7.05 Å². The van der Waals surface area contributed by atoms with Gasteiger partial charge in [0, 0.05) is 25.7 Å². The number of carbonyl (C=O) groups is 2. The monoisotopic (exact) mass is 336 g/mol. The Hall–Kier alpha value is -2.42. The molecule has 0 bridgehead atoms. The maximum Gasteiger partial charge on any atom is 0.316 e. The molecule has 2 atom stereocenters. The van der Waals surface area contributed by atoms with Crippen LogP contribution in [0, 0.1) is 0 Å². The zero-order valence-corrected chi connectivity index (χ0v) is 13.7. The second-order valence-electron chi connectivity index (χ2n) is 4.67. The van der Waals surface area contributed by atoms with E-state index >= 15 is 0 Å². The van der Waals surface area contributed by atoms with Gasteiger partial charge in [-0.3, -0.25) is 9.59 Å². The minimum atomic E-state index is -1.16. The Kier molecular flexibility index (Phi) is 5.69. The van der Waals surface area contributed by atoms with Crippen molar-refractivity contribution in [3.05, 3.63) is 35.9 Å². The Bertz CT molecular complexity index is 676. The Labute approximate surface area is 137 Å². The zero-order valence-electron chi connectivity index (χ0n) is 12.9. The van der Waals surface area contributed by atoms with Crippen LogP contribution < -0.4 is 0 Å². The SMILES string of the molecule is CC(=O)OC(OC(=O)C(C)c1ccccc1)Sc1nnnn1C. The topological polar surface area (TPSA) is 96.2 Å². The molecular weight excluding hydrogens is 320 g/mol. The van der Waals surface area contributed by atoms with Gasteiger partial charge in [-0.05, 0) is 22.9 Å². The number of aryl methyl sites for hydroxylation is 1. The van der Waals surface area contributed by atoms with E-state index in [1.165, 1.54) is 11.6 Å². The third-order valence-electron chi connectivity index (χ3n) is 2.91. The van der Waals surface area contributed by atoms with Crippen LogP contribution in [0.4, 0.5) is 0 Å². The molecule has 0 aliphatic carbocycles. The predicted molar refractivity (Wildman–Crippen MR) is 81.2 cm³/mol. The van der Waals surface area contributed by atoms with Gasteiger partial charge >= 0.3 is 17.6 Å². The lowest BCUT2D eigenvalue weighted by Crippen LogP contribution is -2.24. The second kappa shape index (κ2) is 7.73. The van der Waals surface area contributed by atoms with E-state index in [0.29, 0.717) is 5.16 Å². The molecular formula is C14H16N4O4S. The van der Waals surface area contributed by atoms with Crippen molar-refractivity contribution in [2.75, 3.05) is 0 Å². The number of carbonyl (C=O) groups excluding carboxylic acids is 2. The minimum absolute atomic E-state index is 0.358. The van der Waals surface area contributed by atoms with Crippen LogP contribution in [0.15, 0.2) is 35.5 Å². The van der Waals surface area contributed by atoms with Gasteiger partial charge in [-0.25, -0.2) is 4.68 Å². The minimum Gasteiger partial charge on any atom is -0.415 e. The van der Waals surface area contributed by atoms with Gasteiger partial charge in [0.15, 0.2) is 0 Å². The van der Waals surface area contributed by atoms with Crippen molar-refractivity contribution in [3.63, 3.8) is 0 Å². The highest BCUT2D eigenvalue weighted by Gasteiger charge is 2.25. The summed E-state index contributed by atoms with van der Waals surface area (Å²) in [5, 5.41) is 11.3. The summed E-state index contributed by atoms with van der Waals surface area (Å²) in [6, 6.07) is 9.18. The van der Waals surface area contributed by atoms with Crippen LogP contribution in [0.3, 0.4) is 0 Å². The van der Waals surface area contributed by atoms with E-state index in [0.717, 1.165) is 17.3 Å². The van der Waals surface area contributed by atoms with Crippen LogP contribution in [0.25, 0.3) is 0 Å². The molecule has 0 aliphatic heterocycles. The molecule has 0 amide bonds. The molecule has 8 nitrogen and oxygen atoms in total. The molecule has 0 saturated heterocycles. The fourth-order valence-electron chi connectivity index (χ4n) is 1.69. The van der Waals surface area contributed by atoms with Gasteiger partial charge in [0.1, 0.15) is 0 Å². The first-order chi connectivity index (χ1) is 11.0. The van der Waals surface area contributed by atoms with Crippen LogP contribution in [0.5, 0.6) is 0 Å². The van der Waals surface area contributed by atoms with E-state index in [1.807, 2.05) is 30.3 Å². The number of aromatic nitrogens is 4. The van der Waals surface area contributed by atoms with Gasteiger partial charge in [0.05, 0.1) is 5.92 Å². The summed E-state index contributed by atoms with van der Waals surface area (Å²) >= 11 is 0.932. The second-order valence-corrected chi connectivity index (χ2v) is 5.66. The molecule has 0 spiro atoms. The summed E-state index contributed by atoms with van der Waals surface area (Å²) < 4.78 is 11.7. The third kappa shape index (κ3) is 4.78. The average Bonchev–Trinajstić information content (AvgIpc) is 2.91. The van der Waals surface area contributed by atoms with Crippen LogP contribution >= 0.6 is 11.8 Å². The molecule has 9 heteroatoms. The summed E-state index contributed by atoms with van der Waals surface area (Å²) in [5.74, 6) is -1.57. The quantitative estimate of drug-likeness (QED) is 0.445. The average molecular weight is 336 g/mol. The number of rotatable bonds is 6. The van der Waals surface area contributed by atoms with Crippen molar-refractivity contribution in [1.82, 2.24) is 20.2 Å². The summed E-state index contributed by atoms with van der Waals surface area (Å²) in [5.41, 5.74) is -0.347. The van der Waals surface area contributed by atoms with Crippen molar-refractivity contribution in [1.29, 1.82) is 0 Å². The molecule has 0 radical (unpaired) electrons. The molecule has 122 valence electrons. The Balaban J connectivity index is 2.06. The molecule has 23 heavy (non-hydrogen) atoms. The summed E-state index contributed by atoms with van der Waals surface area (Å²) in [6.07, 6.45) is 0. The number of hydrogen-bond acceptors (Lipinski definition) is 8. The zero-order chi connectivity index (χ0) is 16.8. The number of nitrogens with zero attached hydrogens (tertiary/aromatic N) is 4. The lowest BCUT2D eigenvalue weighted by molar-refractivity contribution is -0.172. The van der Waals surface area contributed by atoms with Gasteiger partial charge in [0.25, 0.3) is 0 Å². The number of hydrogen-bond donors (Lipinski definition) is 0. The highest BCUT2D eigenvalue weighted by atomic mass is 32.2. The summed E-state index contributed by atoms with van der Waals surface area (Å²) in [4.78, 5) is 23.5. The van der Waals surface area contributed by atoms with Gasteiger partial charge < -0.3 is 9.47 Å². The number of thioether (sulfide) groups is 1. The van der Waals surface area contributed by atoms with Gasteiger partial charge in [-0.2, -0.15) is 0 Å². The Morgan fingerprint density at radius 3 is 2.48 bits per heavy atom. The van der Waals surface area contributed by atoms with Crippen LogP contribution in [0.1, 0.15) is 25.3 Å². The van der Waals surface area contributed by atoms with E-state index in [2.05, 4.69) is 15.5 Å². The fraction of sp³-hybridized carbons (Fsp3) is 0.357. The van der Waals surface area contributed by atoms with Crippen LogP contribution in [-0.2, 0) is 26.1 Å². The molecule has 1 aromatic carbocycles. The van der Waals surface area contributed by atoms with Crippen molar-refractivity contribution < 1.29 is 19.1 Å². The first kappa shape index (κ1) is 16.9. The standard InChI is InChI=1S/C14H16N4O4S/c1-9(11-7-5-4-6-8-11)12(20)22-14(21-10(2)19)23-13-15-16-17-18(13)3/h4-9,14H,1-3H3. The van der Waals surface area contributed by atoms with E-state index in [4.69, 9.17) is 9.47 Å². The highest BCUT2D eigenvalue weighted by Crippen LogP contribution is 2.25. The normalized spacial score (nSPS) is 13.2. The van der Waals surface area contributed by atoms with Gasteiger partial charge in [-0.15, -0.1) is 5.10 Å². The summed E-state index contributed by atoms with van der Waals surface area (Å²) in [7, 11) is 1.63. The molecule has 0 saturated carbocycles. The van der Waals surface area contributed by atoms with Crippen LogP contribution in [0.2, 0.25) is 0 Å². The van der Waals surface area contributed by atoms with Crippen LogP contribution in [-0.4, -0.2) is 37.8 Å². The third-order valence-corrected chi connectivity index (χ3v) is 3.85. The first-order valence-electron chi connectivity index (χ1n) is 6.79. The molecule has 0 N–H and O–H groups in total. The van der Waals surface area contributed by atoms with Gasteiger partial charge in [0.2, 0.25) is 5.16 Å². The number of benzene rings is 1. The predicted octanol–water partition coefficient (Wildman–Crippen LogP) is 1.50. The maximum absolute atomic E-state index is 12.3. The van der Waals surface area contributed by atoms with E-state index in [9.17, 15) is 9.59 Å². The molecule has 2 unspecified atom stereocenters. The molecule has 1 heterocycles. The lowest BCUT2D eigenvalue weighted by atomic mass is 10.0. The lowest BCUT2D eigenvalue weighted by Gasteiger charge is -2.18. The van der Waals surface area contributed by atoms with Crippen molar-refractivity contribution in [2.45, 2.75) is 30.5 Å². The Morgan fingerprint density at radius 1 is 1.22 bits per heavy atom. The maximum atomic E-state index is 12.3. The fourth-order valence-corrected chi connectivity index (χ4v) is 2.46. The van der Waals surface area contributed by atoms with Crippen molar-refractivity contribution in [3.8, 4) is 0 Å². The molecule has 2 aromatic rings. The largest absolute Gasteiger partial charge is 0.415 e. The highest BCUT2D eigenvalue weighted by molar-refractivity contribution is 7.99. The van der Waals surface area contributed by atoms with E-state index in [-0.39, 0.29) is 0 Å². The summed E-state index contributed by atoms with van der Waals surface area (Å²) in [6.45, 7) is 2.95. The smallest absolute Gasteiger partial charge is 0.316 e. The molecule has 0 fully saturated rings. The molecule has 1 aromatic heterocycles. The first-order valence-corrected chi connectivity index (χ1v) is 7.67. The van der Waals surface area contributed by atoms with E-state index < -0.39 is 23.5 Å². The number of tetrazole rings is 1. The molecule has 2 rings (SSSR count). The van der Waals surface area contributed by atoms with Crippen molar-refractivity contribution >= 4 is 23.7 Å². The van der Waals surface area contributed by atoms with E-state index in [1.54, 1.807) is 14.0 Å². The number of ether oxygens (including phenoxy) is 2. The number of esters is 2. The van der Waals surface area contributed by atoms with Gasteiger partial charge in [-0.1, -0.05) is 30.3 Å². The molecule has 0 aliphatic rings.